The van der Waals surface area contributed by atoms with Gasteiger partial charge in [0, 0.05) is 16.6 Å². The Hall–Kier alpha value is -1.49. The normalized spacial score (nSPS) is 16.3. The molecule has 1 aromatic rings. The molecule has 0 spiro atoms. The van der Waals surface area contributed by atoms with Crippen LogP contribution in [0.4, 0.5) is 5.69 Å². The quantitative estimate of drug-likeness (QED) is 0.475. The van der Waals surface area contributed by atoms with Gasteiger partial charge in [0.05, 0.1) is 12.8 Å². The minimum atomic E-state index is -0.888. The monoisotopic (exact) mass is 323 g/mol. The summed E-state index contributed by atoms with van der Waals surface area (Å²) in [7, 11) is 1.28. The molecule has 1 aliphatic carbocycles. The van der Waals surface area contributed by atoms with E-state index >= 15 is 0 Å². The van der Waals surface area contributed by atoms with Gasteiger partial charge in [-0.3, -0.25) is 14.6 Å². The van der Waals surface area contributed by atoms with Gasteiger partial charge >= 0.3 is 5.97 Å². The van der Waals surface area contributed by atoms with Crippen LogP contribution in [0.15, 0.2) is 33.7 Å². The van der Waals surface area contributed by atoms with Crippen molar-refractivity contribution in [3.8, 4) is 0 Å². The number of aliphatic imine (C=N–C) groups is 1. The summed E-state index contributed by atoms with van der Waals surface area (Å²) >= 11 is 3.33. The Morgan fingerprint density at radius 2 is 2.00 bits per heavy atom. The molecule has 0 aromatic heterocycles. The first-order valence-electron chi connectivity index (χ1n) is 6.03. The average molecular weight is 324 g/mol. The number of carbonyl (C=O) groups excluding carboxylic acids is 2. The number of esters is 1. The fraction of sp³-hybridized carbons (Fsp3) is 0.357. The van der Waals surface area contributed by atoms with Gasteiger partial charge in [-0.25, -0.2) is 0 Å². The van der Waals surface area contributed by atoms with Gasteiger partial charge < -0.3 is 4.74 Å². The molecule has 0 heterocycles. The van der Waals surface area contributed by atoms with Crippen LogP contribution in [0, 0.1) is 11.8 Å². The standard InChI is InChI=1S/C14H14BrNO3/c1-19-14(18)12(13(17)9-2-3-9)8-16-11-6-4-10(15)5-7-11/h4-9,12H,2-3H2,1H3. The maximum absolute atomic E-state index is 12.0. The Bertz CT molecular complexity index is 506. The van der Waals surface area contributed by atoms with Crippen molar-refractivity contribution >= 4 is 39.6 Å². The molecule has 19 heavy (non-hydrogen) atoms. The average Bonchev–Trinajstić information content (AvgIpc) is 3.24. The van der Waals surface area contributed by atoms with Gasteiger partial charge in [0.25, 0.3) is 0 Å². The fourth-order valence-electron chi connectivity index (χ4n) is 1.69. The number of ether oxygens (including phenoxy) is 1. The Kier molecular flexibility index (Phi) is 4.47. The van der Waals surface area contributed by atoms with Crippen LogP contribution < -0.4 is 0 Å². The lowest BCUT2D eigenvalue weighted by Gasteiger charge is -2.07. The summed E-state index contributed by atoms with van der Waals surface area (Å²) in [6, 6.07) is 7.30. The molecule has 4 nitrogen and oxygen atoms in total. The third-order valence-corrected chi connectivity index (χ3v) is 3.47. The van der Waals surface area contributed by atoms with E-state index in [1.807, 2.05) is 12.1 Å². The second-order valence-corrected chi connectivity index (χ2v) is 5.35. The van der Waals surface area contributed by atoms with E-state index in [0.717, 1.165) is 17.3 Å². The van der Waals surface area contributed by atoms with E-state index in [1.165, 1.54) is 13.3 Å². The molecule has 0 bridgehead atoms. The molecule has 1 saturated carbocycles. The van der Waals surface area contributed by atoms with Crippen molar-refractivity contribution in [1.29, 1.82) is 0 Å². The molecule has 0 N–H and O–H groups in total. The Balaban J connectivity index is 2.12. The summed E-state index contributed by atoms with van der Waals surface area (Å²) < 4.78 is 5.61. The Labute approximate surface area is 120 Å². The SMILES string of the molecule is COC(=O)C(C=Nc1ccc(Br)cc1)C(=O)C1CC1. The molecule has 5 heteroatoms. The van der Waals surface area contributed by atoms with Crippen LogP contribution in [0.25, 0.3) is 0 Å². The van der Waals surface area contributed by atoms with E-state index in [9.17, 15) is 9.59 Å². The third kappa shape index (κ3) is 3.73. The molecule has 0 amide bonds. The smallest absolute Gasteiger partial charge is 0.321 e. The minimum Gasteiger partial charge on any atom is -0.468 e. The Morgan fingerprint density at radius 1 is 1.37 bits per heavy atom. The highest BCUT2D eigenvalue weighted by atomic mass is 79.9. The van der Waals surface area contributed by atoms with Crippen LogP contribution in [0.2, 0.25) is 0 Å². The lowest BCUT2D eigenvalue weighted by molar-refractivity contribution is -0.146. The van der Waals surface area contributed by atoms with Gasteiger partial charge in [-0.05, 0) is 37.1 Å². The van der Waals surface area contributed by atoms with Gasteiger partial charge in [0.15, 0.2) is 11.7 Å². The fourth-order valence-corrected chi connectivity index (χ4v) is 1.95. The van der Waals surface area contributed by atoms with Crippen molar-refractivity contribution in [2.45, 2.75) is 12.8 Å². The van der Waals surface area contributed by atoms with Crippen LogP contribution >= 0.6 is 15.9 Å². The molecular weight excluding hydrogens is 310 g/mol. The highest BCUT2D eigenvalue weighted by Crippen LogP contribution is 2.32. The van der Waals surface area contributed by atoms with Crippen LogP contribution in [0.3, 0.4) is 0 Å². The van der Waals surface area contributed by atoms with E-state index in [4.69, 9.17) is 0 Å². The van der Waals surface area contributed by atoms with Crippen molar-refractivity contribution in [2.24, 2.45) is 16.8 Å². The number of nitrogens with zero attached hydrogens (tertiary/aromatic N) is 1. The van der Waals surface area contributed by atoms with Crippen molar-refractivity contribution in [3.05, 3.63) is 28.7 Å². The number of ketones is 1. The molecule has 2 rings (SSSR count). The van der Waals surface area contributed by atoms with Crippen molar-refractivity contribution in [2.75, 3.05) is 7.11 Å². The summed E-state index contributed by atoms with van der Waals surface area (Å²) in [6.45, 7) is 0. The van der Waals surface area contributed by atoms with Crippen molar-refractivity contribution < 1.29 is 14.3 Å². The number of carbonyl (C=O) groups is 2. The number of hydrogen-bond donors (Lipinski definition) is 0. The van der Waals surface area contributed by atoms with Crippen LogP contribution in [0.1, 0.15) is 12.8 Å². The summed E-state index contributed by atoms with van der Waals surface area (Å²) in [5.74, 6) is -1.52. The number of benzene rings is 1. The molecule has 0 radical (unpaired) electrons. The van der Waals surface area contributed by atoms with Gasteiger partial charge in [0.2, 0.25) is 0 Å². The first-order valence-corrected chi connectivity index (χ1v) is 6.82. The number of halogens is 1. The highest BCUT2D eigenvalue weighted by Gasteiger charge is 2.38. The summed E-state index contributed by atoms with van der Waals surface area (Å²) in [4.78, 5) is 27.8. The molecule has 0 saturated heterocycles. The molecule has 1 aromatic carbocycles. The summed E-state index contributed by atoms with van der Waals surface area (Å²) in [5.41, 5.74) is 0.695. The first-order chi connectivity index (χ1) is 9.11. The van der Waals surface area contributed by atoms with E-state index in [0.29, 0.717) is 5.69 Å². The lowest BCUT2D eigenvalue weighted by atomic mass is 10.0. The molecule has 1 fully saturated rings. The predicted octanol–water partition coefficient (Wildman–Crippen LogP) is 2.92. The number of rotatable bonds is 5. The number of methoxy groups -OCH3 is 1. The molecule has 0 aliphatic heterocycles. The van der Waals surface area contributed by atoms with Gasteiger partial charge in [-0.1, -0.05) is 15.9 Å². The third-order valence-electron chi connectivity index (χ3n) is 2.94. The topological polar surface area (TPSA) is 55.7 Å². The largest absolute Gasteiger partial charge is 0.468 e. The van der Waals surface area contributed by atoms with E-state index in [2.05, 4.69) is 25.7 Å². The molecular formula is C14H14BrNO3. The predicted molar refractivity (Wildman–Crippen MR) is 75.5 cm³/mol. The summed E-state index contributed by atoms with van der Waals surface area (Å²) in [6.07, 6.45) is 3.10. The zero-order chi connectivity index (χ0) is 13.8. The number of Topliss-reactive ketones (excluding diaryl/α,β-unsaturated/α-hetero) is 1. The maximum atomic E-state index is 12.0. The van der Waals surface area contributed by atoms with E-state index < -0.39 is 11.9 Å². The van der Waals surface area contributed by atoms with Gasteiger partial charge in [0.1, 0.15) is 0 Å². The molecule has 100 valence electrons. The number of hydrogen-bond acceptors (Lipinski definition) is 4. The summed E-state index contributed by atoms with van der Waals surface area (Å²) in [5, 5.41) is 0. The second-order valence-electron chi connectivity index (χ2n) is 4.43. The van der Waals surface area contributed by atoms with Gasteiger partial charge in [-0.2, -0.15) is 0 Å². The molecule has 1 unspecified atom stereocenters. The lowest BCUT2D eigenvalue weighted by Crippen LogP contribution is -2.27. The second kappa shape index (κ2) is 6.10. The van der Waals surface area contributed by atoms with E-state index in [1.54, 1.807) is 12.1 Å². The zero-order valence-electron chi connectivity index (χ0n) is 10.5. The van der Waals surface area contributed by atoms with Crippen LogP contribution in [-0.4, -0.2) is 25.1 Å². The van der Waals surface area contributed by atoms with Crippen LogP contribution in [-0.2, 0) is 14.3 Å². The first kappa shape index (κ1) is 13.9. The zero-order valence-corrected chi connectivity index (χ0v) is 12.1. The Morgan fingerprint density at radius 3 is 2.53 bits per heavy atom. The van der Waals surface area contributed by atoms with Crippen LogP contribution in [0.5, 0.6) is 0 Å². The highest BCUT2D eigenvalue weighted by molar-refractivity contribution is 9.10. The van der Waals surface area contributed by atoms with Crippen molar-refractivity contribution in [1.82, 2.24) is 0 Å². The van der Waals surface area contributed by atoms with E-state index in [-0.39, 0.29) is 11.7 Å². The molecule has 1 aliphatic rings. The maximum Gasteiger partial charge on any atom is 0.321 e. The van der Waals surface area contributed by atoms with Crippen molar-refractivity contribution in [3.63, 3.8) is 0 Å². The minimum absolute atomic E-state index is 0.000433. The molecule has 1 atom stereocenters. The van der Waals surface area contributed by atoms with Gasteiger partial charge in [-0.15, -0.1) is 0 Å².